The Morgan fingerprint density at radius 3 is 2.67 bits per heavy atom. The number of ether oxygens (including phenoxy) is 1. The van der Waals surface area contributed by atoms with Crippen LogP contribution in [0.4, 0.5) is 14.5 Å². The third-order valence-electron chi connectivity index (χ3n) is 5.57. The van der Waals surface area contributed by atoms with E-state index in [9.17, 15) is 13.6 Å². The lowest BCUT2D eigenvalue weighted by atomic mass is 9.76. The van der Waals surface area contributed by atoms with E-state index in [2.05, 4.69) is 18.3 Å². The van der Waals surface area contributed by atoms with Crippen molar-refractivity contribution in [3.63, 3.8) is 0 Å². The van der Waals surface area contributed by atoms with E-state index < -0.39 is 29.2 Å². The molecule has 4 nitrogen and oxygen atoms in total. The van der Waals surface area contributed by atoms with Crippen molar-refractivity contribution in [1.29, 1.82) is 0 Å². The summed E-state index contributed by atoms with van der Waals surface area (Å²) in [6.07, 6.45) is 2.26. The number of carbonyl (C=O) groups is 1. The van der Waals surface area contributed by atoms with Gasteiger partial charge in [-0.1, -0.05) is 19.1 Å². The van der Waals surface area contributed by atoms with E-state index >= 15 is 0 Å². The molecular formula is C21H21F2NO3. The Balaban J connectivity index is 1.81. The number of fused-ring (bicyclic) bond motifs is 3. The number of hydrogen-bond donors (Lipinski definition) is 2. The van der Waals surface area contributed by atoms with E-state index in [4.69, 9.17) is 9.84 Å². The van der Waals surface area contributed by atoms with Gasteiger partial charge in [0.2, 0.25) is 0 Å². The number of nitrogens with one attached hydrogen (secondary N) is 1. The Morgan fingerprint density at radius 2 is 2.00 bits per heavy atom. The molecule has 0 aliphatic carbocycles. The van der Waals surface area contributed by atoms with Gasteiger partial charge in [0.1, 0.15) is 11.6 Å². The molecule has 2 N–H and O–H groups in total. The summed E-state index contributed by atoms with van der Waals surface area (Å²) in [6.45, 7) is 2.70. The van der Waals surface area contributed by atoms with Gasteiger partial charge in [0.25, 0.3) is 0 Å². The highest BCUT2D eigenvalue weighted by molar-refractivity contribution is 5.87. The predicted molar refractivity (Wildman–Crippen MR) is 96.9 cm³/mol. The Labute approximate surface area is 156 Å². The summed E-state index contributed by atoms with van der Waals surface area (Å²) in [7, 11) is 0. The highest BCUT2D eigenvalue weighted by Crippen LogP contribution is 2.50. The molecule has 1 saturated heterocycles. The minimum absolute atomic E-state index is 0.120. The van der Waals surface area contributed by atoms with Crippen molar-refractivity contribution in [3.05, 3.63) is 64.2 Å². The summed E-state index contributed by atoms with van der Waals surface area (Å²) in [5, 5.41) is 12.3. The van der Waals surface area contributed by atoms with Gasteiger partial charge in [0.15, 0.2) is 0 Å². The number of benzene rings is 2. The zero-order chi connectivity index (χ0) is 19.1. The number of carboxylic acid groups (broad SMARTS) is 1. The largest absolute Gasteiger partial charge is 0.478 e. The molecule has 2 aromatic carbocycles. The molecule has 0 radical (unpaired) electrons. The second kappa shape index (κ2) is 6.93. The highest BCUT2D eigenvalue weighted by Gasteiger charge is 2.42. The Bertz CT molecular complexity index is 876. The highest BCUT2D eigenvalue weighted by atomic mass is 19.1. The Hall–Kier alpha value is -2.47. The summed E-state index contributed by atoms with van der Waals surface area (Å²) >= 11 is 0. The molecule has 2 aromatic rings. The zero-order valence-electron chi connectivity index (χ0n) is 15.0. The molecule has 27 heavy (non-hydrogen) atoms. The van der Waals surface area contributed by atoms with Gasteiger partial charge in [-0.15, -0.1) is 0 Å². The molecular weight excluding hydrogens is 352 g/mol. The van der Waals surface area contributed by atoms with Crippen LogP contribution in [0, 0.1) is 17.6 Å². The van der Waals surface area contributed by atoms with E-state index in [1.54, 1.807) is 0 Å². The normalized spacial score (nSPS) is 23.9. The molecule has 1 fully saturated rings. The number of aromatic carboxylic acids is 1. The van der Waals surface area contributed by atoms with Crippen molar-refractivity contribution < 1.29 is 23.4 Å². The lowest BCUT2D eigenvalue weighted by Gasteiger charge is -2.43. The van der Waals surface area contributed by atoms with Crippen molar-refractivity contribution in [3.8, 4) is 0 Å². The number of hydrogen-bond acceptors (Lipinski definition) is 3. The Kier molecular flexibility index (Phi) is 4.60. The van der Waals surface area contributed by atoms with Gasteiger partial charge in [-0.25, -0.2) is 13.6 Å². The third-order valence-corrected chi connectivity index (χ3v) is 5.57. The van der Waals surface area contributed by atoms with E-state index in [0.717, 1.165) is 42.6 Å². The topological polar surface area (TPSA) is 58.6 Å². The minimum atomic E-state index is -1.35. The first-order chi connectivity index (χ1) is 13.0. The first-order valence-electron chi connectivity index (χ1n) is 9.22. The zero-order valence-corrected chi connectivity index (χ0v) is 15.0. The second-order valence-electron chi connectivity index (χ2n) is 7.15. The molecule has 0 spiro atoms. The average Bonchev–Trinajstić information content (AvgIpc) is 2.67. The van der Waals surface area contributed by atoms with E-state index in [-0.39, 0.29) is 17.6 Å². The van der Waals surface area contributed by atoms with Crippen LogP contribution < -0.4 is 5.32 Å². The van der Waals surface area contributed by atoms with E-state index in [1.807, 2.05) is 12.1 Å². The van der Waals surface area contributed by atoms with Crippen LogP contribution >= 0.6 is 0 Å². The van der Waals surface area contributed by atoms with Gasteiger partial charge in [-0.3, -0.25) is 0 Å². The molecule has 6 heteroatoms. The average molecular weight is 373 g/mol. The molecule has 0 amide bonds. The molecule has 3 atom stereocenters. The van der Waals surface area contributed by atoms with Crippen LogP contribution in [0.1, 0.15) is 59.0 Å². The molecule has 0 saturated carbocycles. The molecule has 2 heterocycles. The van der Waals surface area contributed by atoms with Gasteiger partial charge in [-0.2, -0.15) is 0 Å². The van der Waals surface area contributed by atoms with Crippen LogP contribution in [0.2, 0.25) is 0 Å². The van der Waals surface area contributed by atoms with Gasteiger partial charge >= 0.3 is 5.97 Å². The van der Waals surface area contributed by atoms with Gasteiger partial charge in [0.05, 0.1) is 17.7 Å². The fourth-order valence-corrected chi connectivity index (χ4v) is 4.23. The van der Waals surface area contributed by atoms with Crippen LogP contribution in [0.3, 0.4) is 0 Å². The van der Waals surface area contributed by atoms with Crippen molar-refractivity contribution in [2.75, 3.05) is 11.9 Å². The summed E-state index contributed by atoms with van der Waals surface area (Å²) in [4.78, 5) is 11.1. The maximum absolute atomic E-state index is 14.7. The maximum Gasteiger partial charge on any atom is 0.335 e. The van der Waals surface area contributed by atoms with Gasteiger partial charge < -0.3 is 15.2 Å². The van der Waals surface area contributed by atoms with Gasteiger partial charge in [0, 0.05) is 29.3 Å². The number of aryl methyl sites for hydroxylation is 1. The third kappa shape index (κ3) is 3.08. The molecule has 0 bridgehead atoms. The molecule has 0 aromatic heterocycles. The minimum Gasteiger partial charge on any atom is -0.478 e. The molecule has 142 valence electrons. The molecule has 4 rings (SSSR count). The second-order valence-corrected chi connectivity index (χ2v) is 7.15. The first kappa shape index (κ1) is 17.9. The molecule has 2 aliphatic heterocycles. The van der Waals surface area contributed by atoms with E-state index in [1.165, 1.54) is 5.56 Å². The fourth-order valence-electron chi connectivity index (χ4n) is 4.23. The molecule has 0 unspecified atom stereocenters. The summed E-state index contributed by atoms with van der Waals surface area (Å²) < 4.78 is 35.5. The lowest BCUT2D eigenvalue weighted by molar-refractivity contribution is -0.0388. The predicted octanol–water partition coefficient (Wildman–Crippen LogP) is 4.86. The summed E-state index contributed by atoms with van der Waals surface area (Å²) in [6, 6.07) is 7.18. The standard InChI is InChI=1S/C21H21F2NO3/c1-2-11-5-6-17-14(8-11)20-13(4-3-7-27-20)19(24-17)18-15(22)9-12(21(25)26)10-16(18)23/h5-6,8-10,13,19-20,24H,2-4,7H2,1H3,(H,25,26)/t13-,19+,20-/m1/s1. The SMILES string of the molecule is CCc1ccc2c(c1)[C@@H]1OCCC[C@@H]1[C@@H](c1c(F)cc(C(=O)O)cc1F)N2. The maximum atomic E-state index is 14.7. The number of rotatable bonds is 3. The lowest BCUT2D eigenvalue weighted by Crippen LogP contribution is -2.37. The summed E-state index contributed by atoms with van der Waals surface area (Å²) in [5.41, 5.74) is 2.50. The number of anilines is 1. The van der Waals surface area contributed by atoms with Gasteiger partial charge in [-0.05, 0) is 43.0 Å². The van der Waals surface area contributed by atoms with Crippen molar-refractivity contribution in [2.45, 2.75) is 38.3 Å². The van der Waals surface area contributed by atoms with Crippen LogP contribution in [-0.4, -0.2) is 17.7 Å². The van der Waals surface area contributed by atoms with Crippen LogP contribution in [0.25, 0.3) is 0 Å². The van der Waals surface area contributed by atoms with Crippen LogP contribution in [0.15, 0.2) is 30.3 Å². The monoisotopic (exact) mass is 373 g/mol. The van der Waals surface area contributed by atoms with Crippen molar-refractivity contribution in [2.24, 2.45) is 5.92 Å². The first-order valence-corrected chi connectivity index (χ1v) is 9.22. The van der Waals surface area contributed by atoms with Crippen molar-refractivity contribution >= 4 is 11.7 Å². The van der Waals surface area contributed by atoms with Crippen molar-refractivity contribution in [1.82, 2.24) is 0 Å². The summed E-state index contributed by atoms with van der Waals surface area (Å²) in [5.74, 6) is -3.17. The van der Waals surface area contributed by atoms with E-state index in [0.29, 0.717) is 6.61 Å². The number of carboxylic acids is 1. The van der Waals surface area contributed by atoms with Crippen LogP contribution in [0.5, 0.6) is 0 Å². The fraction of sp³-hybridized carbons (Fsp3) is 0.381. The quantitative estimate of drug-likeness (QED) is 0.807. The van der Waals surface area contributed by atoms with Crippen LogP contribution in [-0.2, 0) is 11.2 Å². The number of halogens is 2. The molecule has 2 aliphatic rings. The smallest absolute Gasteiger partial charge is 0.335 e. The Morgan fingerprint density at radius 1 is 1.26 bits per heavy atom.